The number of rotatable bonds is 5. The summed E-state index contributed by atoms with van der Waals surface area (Å²) < 4.78 is 25.7. The van der Waals surface area contributed by atoms with Gasteiger partial charge in [-0.15, -0.1) is 0 Å². The highest BCUT2D eigenvalue weighted by Gasteiger charge is 2.22. The van der Waals surface area contributed by atoms with E-state index in [-0.39, 0.29) is 5.91 Å². The lowest BCUT2D eigenvalue weighted by Crippen LogP contribution is -2.25. The molecule has 0 atom stereocenters. The molecule has 0 spiro atoms. The molecule has 188 valence electrons. The molecule has 4 aromatic rings. The van der Waals surface area contributed by atoms with Crippen molar-refractivity contribution < 1.29 is 13.2 Å². The number of carbonyl (C=O) groups excluding carboxylic acids is 1. The van der Waals surface area contributed by atoms with Crippen LogP contribution in [0.15, 0.2) is 84.9 Å². The van der Waals surface area contributed by atoms with Gasteiger partial charge in [0.1, 0.15) is 0 Å². The third kappa shape index (κ3) is 4.75. The van der Waals surface area contributed by atoms with Crippen molar-refractivity contribution in [3.8, 4) is 22.3 Å². The summed E-state index contributed by atoms with van der Waals surface area (Å²) in [5, 5.41) is 6.44. The second kappa shape index (κ2) is 9.29. The Bertz CT molecular complexity index is 1630. The maximum atomic E-state index is 13.2. The van der Waals surface area contributed by atoms with Gasteiger partial charge in [-0.05, 0) is 59.2 Å². The predicted molar refractivity (Wildman–Crippen MR) is 153 cm³/mol. The molecule has 1 aliphatic heterocycles. The fraction of sp³-hybridized carbons (Fsp3) is 0.138. The van der Waals surface area contributed by atoms with Gasteiger partial charge in [0, 0.05) is 32.4 Å². The molecule has 1 amide bonds. The lowest BCUT2D eigenvalue weighted by atomic mass is 10.00. The van der Waals surface area contributed by atoms with Crippen molar-refractivity contribution in [3.05, 3.63) is 90.5 Å². The molecule has 0 aromatic heterocycles. The summed E-state index contributed by atoms with van der Waals surface area (Å²) in [6.45, 7) is 0. The number of carbonyl (C=O) groups is 1. The van der Waals surface area contributed by atoms with E-state index in [1.807, 2.05) is 68.7 Å². The summed E-state index contributed by atoms with van der Waals surface area (Å²) in [6.07, 6.45) is 1.18. The molecule has 0 fully saturated rings. The van der Waals surface area contributed by atoms with Gasteiger partial charge in [-0.2, -0.15) is 0 Å². The zero-order valence-electron chi connectivity index (χ0n) is 21.1. The fourth-order valence-corrected chi connectivity index (χ4v) is 4.94. The van der Waals surface area contributed by atoms with Crippen molar-refractivity contribution in [2.75, 3.05) is 47.2 Å². The van der Waals surface area contributed by atoms with E-state index in [1.165, 1.54) is 17.6 Å². The van der Waals surface area contributed by atoms with Crippen LogP contribution in [0.4, 0.5) is 28.4 Å². The Labute approximate surface area is 217 Å². The lowest BCUT2D eigenvalue weighted by molar-refractivity contribution is 0.102. The van der Waals surface area contributed by atoms with Crippen molar-refractivity contribution >= 4 is 44.4 Å². The number of benzene rings is 4. The number of amides is 1. The highest BCUT2D eigenvalue weighted by molar-refractivity contribution is 7.92. The first-order valence-electron chi connectivity index (χ1n) is 11.8. The quantitative estimate of drug-likeness (QED) is 0.354. The summed E-state index contributed by atoms with van der Waals surface area (Å²) in [5.41, 5.74) is 7.87. The van der Waals surface area contributed by atoms with Crippen LogP contribution in [0.5, 0.6) is 0 Å². The van der Waals surface area contributed by atoms with Crippen molar-refractivity contribution in [2.45, 2.75) is 0 Å². The van der Waals surface area contributed by atoms with E-state index in [2.05, 4.69) is 27.7 Å². The molecule has 8 heteroatoms. The first-order valence-corrected chi connectivity index (χ1v) is 13.6. The number of hydrogen-bond donors (Lipinski definition) is 2. The number of hydrogen-bond acceptors (Lipinski definition) is 5. The zero-order chi connectivity index (χ0) is 26.3. The van der Waals surface area contributed by atoms with Gasteiger partial charge in [-0.1, -0.05) is 42.5 Å². The molecule has 0 bridgehead atoms. The minimum Gasteiger partial charge on any atom is -0.378 e. The smallest absolute Gasteiger partial charge is 0.257 e. The van der Waals surface area contributed by atoms with Gasteiger partial charge in [0.05, 0.1) is 34.6 Å². The molecular formula is C29H28N4O3S. The average molecular weight is 513 g/mol. The number of nitrogens with one attached hydrogen (secondary N) is 2. The minimum absolute atomic E-state index is 0.214. The van der Waals surface area contributed by atoms with Crippen LogP contribution in [0.1, 0.15) is 10.4 Å². The Balaban J connectivity index is 1.54. The van der Waals surface area contributed by atoms with Gasteiger partial charge in [0.25, 0.3) is 5.91 Å². The number of sulfonamides is 1. The molecule has 0 radical (unpaired) electrons. The van der Waals surface area contributed by atoms with E-state index >= 15 is 0 Å². The Morgan fingerprint density at radius 3 is 2.11 bits per heavy atom. The van der Waals surface area contributed by atoms with Crippen LogP contribution in [-0.4, -0.2) is 41.7 Å². The number of para-hydroxylation sites is 1. The van der Waals surface area contributed by atoms with Gasteiger partial charge in [-0.3, -0.25) is 9.10 Å². The van der Waals surface area contributed by atoms with E-state index in [0.29, 0.717) is 22.6 Å². The Kier molecular flexibility index (Phi) is 6.13. The Morgan fingerprint density at radius 1 is 0.649 bits per heavy atom. The second-order valence-electron chi connectivity index (χ2n) is 9.29. The highest BCUT2D eigenvalue weighted by atomic mass is 32.2. The van der Waals surface area contributed by atoms with Crippen LogP contribution in [-0.2, 0) is 10.0 Å². The maximum Gasteiger partial charge on any atom is 0.257 e. The summed E-state index contributed by atoms with van der Waals surface area (Å²) in [5.74, 6) is -0.214. The SMILES string of the molecule is CN(C)c1cccc(-c2ccc3c(c2)NC(=O)c2ccc(-c4ccccc4N(C)S(C)(=O)=O)cc2N3)c1. The molecule has 0 saturated heterocycles. The first kappa shape index (κ1) is 24.4. The molecule has 1 aliphatic rings. The van der Waals surface area contributed by atoms with Crippen LogP contribution in [0.3, 0.4) is 0 Å². The Hall–Kier alpha value is -4.30. The van der Waals surface area contributed by atoms with E-state index in [4.69, 9.17) is 0 Å². The predicted octanol–water partition coefficient (Wildman–Crippen LogP) is 5.79. The van der Waals surface area contributed by atoms with Gasteiger partial charge < -0.3 is 15.5 Å². The van der Waals surface area contributed by atoms with Gasteiger partial charge in [-0.25, -0.2) is 8.42 Å². The highest BCUT2D eigenvalue weighted by Crippen LogP contribution is 2.39. The van der Waals surface area contributed by atoms with E-state index in [1.54, 1.807) is 18.2 Å². The molecule has 4 aromatic carbocycles. The van der Waals surface area contributed by atoms with Crippen LogP contribution >= 0.6 is 0 Å². The number of nitrogens with zero attached hydrogens (tertiary/aromatic N) is 2. The molecule has 0 saturated carbocycles. The van der Waals surface area contributed by atoms with Crippen molar-refractivity contribution in [2.24, 2.45) is 0 Å². The number of fused-ring (bicyclic) bond motifs is 2. The van der Waals surface area contributed by atoms with Crippen molar-refractivity contribution in [1.82, 2.24) is 0 Å². The molecule has 0 aliphatic carbocycles. The van der Waals surface area contributed by atoms with Gasteiger partial charge >= 0.3 is 0 Å². The number of anilines is 5. The zero-order valence-corrected chi connectivity index (χ0v) is 21.9. The maximum absolute atomic E-state index is 13.2. The molecule has 1 heterocycles. The monoisotopic (exact) mass is 512 g/mol. The molecular weight excluding hydrogens is 484 g/mol. The van der Waals surface area contributed by atoms with Crippen molar-refractivity contribution in [3.63, 3.8) is 0 Å². The fourth-order valence-electron chi connectivity index (χ4n) is 4.42. The van der Waals surface area contributed by atoms with Crippen LogP contribution in [0.2, 0.25) is 0 Å². The van der Waals surface area contributed by atoms with Gasteiger partial charge in [0.15, 0.2) is 0 Å². The minimum atomic E-state index is -3.44. The lowest BCUT2D eigenvalue weighted by Gasteiger charge is -2.21. The normalized spacial score (nSPS) is 12.5. The van der Waals surface area contributed by atoms with Crippen LogP contribution < -0.4 is 19.8 Å². The molecule has 37 heavy (non-hydrogen) atoms. The molecule has 5 rings (SSSR count). The largest absolute Gasteiger partial charge is 0.378 e. The molecule has 2 N–H and O–H groups in total. The summed E-state index contributed by atoms with van der Waals surface area (Å²) in [7, 11) is 2.10. The summed E-state index contributed by atoms with van der Waals surface area (Å²) in [6, 6.07) is 27.0. The summed E-state index contributed by atoms with van der Waals surface area (Å²) in [4.78, 5) is 15.2. The van der Waals surface area contributed by atoms with Crippen molar-refractivity contribution in [1.29, 1.82) is 0 Å². The van der Waals surface area contributed by atoms with Crippen LogP contribution in [0, 0.1) is 0 Å². The Morgan fingerprint density at radius 2 is 1.35 bits per heavy atom. The topological polar surface area (TPSA) is 81.8 Å². The third-order valence-electron chi connectivity index (χ3n) is 6.55. The first-order chi connectivity index (χ1) is 17.6. The van der Waals surface area contributed by atoms with Gasteiger partial charge in [0.2, 0.25) is 10.0 Å². The second-order valence-corrected chi connectivity index (χ2v) is 11.3. The molecule has 0 unspecified atom stereocenters. The molecule has 7 nitrogen and oxygen atoms in total. The van der Waals surface area contributed by atoms with Crippen LogP contribution in [0.25, 0.3) is 22.3 Å². The summed E-state index contributed by atoms with van der Waals surface area (Å²) >= 11 is 0. The van der Waals surface area contributed by atoms with E-state index in [0.717, 1.165) is 33.6 Å². The average Bonchev–Trinajstić information content (AvgIpc) is 3.02. The standard InChI is InChI=1S/C29H28N4O3S/c1-32(2)22-9-7-8-19(16-22)20-13-15-25-27(17-20)31-29(34)24-14-12-21(18-26(24)30-25)23-10-5-6-11-28(23)33(3)37(4,35)36/h5-18,30H,1-4H3,(H,31,34). The van der Waals surface area contributed by atoms with E-state index < -0.39 is 10.0 Å². The third-order valence-corrected chi connectivity index (χ3v) is 7.74. The van der Waals surface area contributed by atoms with E-state index in [9.17, 15) is 13.2 Å².